The summed E-state index contributed by atoms with van der Waals surface area (Å²) in [7, 11) is 2.85. The third-order valence-corrected chi connectivity index (χ3v) is 3.12. The molecule has 0 amide bonds. The summed E-state index contributed by atoms with van der Waals surface area (Å²) in [5.74, 6) is 0.0340. The van der Waals surface area contributed by atoms with Gasteiger partial charge in [-0.3, -0.25) is 4.98 Å². The quantitative estimate of drug-likeness (QED) is 0.808. The van der Waals surface area contributed by atoms with Crippen LogP contribution in [0.4, 0.5) is 0 Å². The van der Waals surface area contributed by atoms with E-state index in [9.17, 15) is 4.79 Å². The van der Waals surface area contributed by atoms with Crippen molar-refractivity contribution in [2.45, 2.75) is 6.92 Å². The van der Waals surface area contributed by atoms with Gasteiger partial charge in [0.05, 0.1) is 25.6 Å². The molecule has 0 N–H and O–H groups in total. The van der Waals surface area contributed by atoms with Gasteiger partial charge in [-0.2, -0.15) is 0 Å². The molecule has 0 saturated heterocycles. The van der Waals surface area contributed by atoms with Crippen molar-refractivity contribution in [1.29, 1.82) is 0 Å². The standard InChI is InChI=1S/C16H16N2O3/c1-5-11-7-6-8-17-15(11)14-10(2)13(20-3)9-12(18-14)16(19)21-4/h5-9H,1H2,2-4H3. The lowest BCUT2D eigenvalue weighted by Gasteiger charge is -2.12. The fourth-order valence-corrected chi connectivity index (χ4v) is 2.02. The van der Waals surface area contributed by atoms with Crippen LogP contribution in [0.15, 0.2) is 31.0 Å². The summed E-state index contributed by atoms with van der Waals surface area (Å²) < 4.78 is 10.0. The van der Waals surface area contributed by atoms with Crippen molar-refractivity contribution >= 4 is 12.0 Å². The molecule has 2 aromatic rings. The maximum Gasteiger partial charge on any atom is 0.356 e. The number of carbonyl (C=O) groups excluding carboxylic acids is 1. The number of esters is 1. The first-order valence-corrected chi connectivity index (χ1v) is 6.34. The number of pyridine rings is 2. The number of methoxy groups -OCH3 is 2. The smallest absolute Gasteiger partial charge is 0.356 e. The molecule has 0 aliphatic rings. The lowest BCUT2D eigenvalue weighted by molar-refractivity contribution is 0.0593. The summed E-state index contributed by atoms with van der Waals surface area (Å²) in [5.41, 5.74) is 3.03. The van der Waals surface area contributed by atoms with Gasteiger partial charge < -0.3 is 9.47 Å². The Morgan fingerprint density at radius 3 is 2.71 bits per heavy atom. The molecule has 0 radical (unpaired) electrons. The monoisotopic (exact) mass is 284 g/mol. The number of ether oxygens (including phenoxy) is 2. The molecular weight excluding hydrogens is 268 g/mol. The molecule has 0 bridgehead atoms. The van der Waals surface area contributed by atoms with Crippen LogP contribution in [-0.2, 0) is 4.74 Å². The average molecular weight is 284 g/mol. The average Bonchev–Trinajstić information content (AvgIpc) is 2.54. The van der Waals surface area contributed by atoms with E-state index in [1.807, 2.05) is 19.1 Å². The number of carbonyl (C=O) groups is 1. The summed E-state index contributed by atoms with van der Waals surface area (Å²) in [4.78, 5) is 20.5. The molecule has 2 rings (SSSR count). The molecule has 0 fully saturated rings. The minimum Gasteiger partial charge on any atom is -0.496 e. The predicted octanol–water partition coefficient (Wildman–Crippen LogP) is 2.89. The van der Waals surface area contributed by atoms with Gasteiger partial charge >= 0.3 is 5.97 Å². The summed E-state index contributed by atoms with van der Waals surface area (Å²) in [6, 6.07) is 5.26. The van der Waals surface area contributed by atoms with Crippen LogP contribution in [0.2, 0.25) is 0 Å². The maximum atomic E-state index is 11.8. The fraction of sp³-hybridized carbons (Fsp3) is 0.188. The molecule has 2 aromatic heterocycles. The van der Waals surface area contributed by atoms with E-state index in [4.69, 9.17) is 9.47 Å². The van der Waals surface area contributed by atoms with Gasteiger partial charge in [0.15, 0.2) is 5.69 Å². The number of rotatable bonds is 4. The second-order valence-electron chi connectivity index (χ2n) is 4.32. The molecule has 0 unspecified atom stereocenters. The summed E-state index contributed by atoms with van der Waals surface area (Å²) in [6.07, 6.45) is 3.36. The Labute approximate surface area is 123 Å². The third-order valence-electron chi connectivity index (χ3n) is 3.12. The highest BCUT2D eigenvalue weighted by Crippen LogP contribution is 2.30. The Kier molecular flexibility index (Phi) is 4.33. The van der Waals surface area contributed by atoms with Crippen LogP contribution in [-0.4, -0.2) is 30.2 Å². The Hall–Kier alpha value is -2.69. The zero-order chi connectivity index (χ0) is 15.4. The molecule has 0 atom stereocenters. The molecule has 108 valence electrons. The summed E-state index contributed by atoms with van der Waals surface area (Å²) in [5, 5.41) is 0. The molecule has 0 saturated carbocycles. The molecule has 5 heteroatoms. The number of aromatic nitrogens is 2. The minimum absolute atomic E-state index is 0.176. The highest BCUT2D eigenvalue weighted by Gasteiger charge is 2.18. The van der Waals surface area contributed by atoms with Gasteiger partial charge in [-0.15, -0.1) is 0 Å². The van der Waals surface area contributed by atoms with Crippen LogP contribution >= 0.6 is 0 Å². The molecule has 0 aliphatic carbocycles. The van der Waals surface area contributed by atoms with E-state index in [0.717, 1.165) is 11.1 Å². The van der Waals surface area contributed by atoms with E-state index in [1.165, 1.54) is 7.11 Å². The van der Waals surface area contributed by atoms with Crippen LogP contribution in [0.1, 0.15) is 21.6 Å². The Morgan fingerprint density at radius 2 is 2.10 bits per heavy atom. The van der Waals surface area contributed by atoms with Crippen LogP contribution < -0.4 is 4.74 Å². The Morgan fingerprint density at radius 1 is 1.33 bits per heavy atom. The normalized spacial score (nSPS) is 10.0. The maximum absolute atomic E-state index is 11.8. The van der Waals surface area contributed by atoms with Crippen LogP contribution in [0.3, 0.4) is 0 Å². The van der Waals surface area contributed by atoms with Crippen molar-refractivity contribution in [3.8, 4) is 17.1 Å². The molecule has 0 aromatic carbocycles. The number of nitrogens with zero attached hydrogens (tertiary/aromatic N) is 2. The van der Waals surface area contributed by atoms with E-state index in [-0.39, 0.29) is 5.69 Å². The van der Waals surface area contributed by atoms with Crippen LogP contribution in [0.25, 0.3) is 17.5 Å². The first-order valence-electron chi connectivity index (χ1n) is 6.34. The van der Waals surface area contributed by atoms with Crippen molar-refractivity contribution in [3.63, 3.8) is 0 Å². The predicted molar refractivity (Wildman–Crippen MR) is 80.2 cm³/mol. The second-order valence-corrected chi connectivity index (χ2v) is 4.32. The van der Waals surface area contributed by atoms with Crippen molar-refractivity contribution in [1.82, 2.24) is 9.97 Å². The number of hydrogen-bond acceptors (Lipinski definition) is 5. The molecule has 21 heavy (non-hydrogen) atoms. The first kappa shape index (κ1) is 14.7. The molecule has 5 nitrogen and oxygen atoms in total. The van der Waals surface area contributed by atoms with Crippen molar-refractivity contribution in [3.05, 3.63) is 47.8 Å². The first-order chi connectivity index (χ1) is 10.1. The van der Waals surface area contributed by atoms with Gasteiger partial charge in [0.1, 0.15) is 5.75 Å². The zero-order valence-electron chi connectivity index (χ0n) is 12.2. The van der Waals surface area contributed by atoms with E-state index in [0.29, 0.717) is 17.1 Å². The van der Waals surface area contributed by atoms with Gasteiger partial charge in [-0.05, 0) is 13.0 Å². The topological polar surface area (TPSA) is 61.3 Å². The largest absolute Gasteiger partial charge is 0.496 e. The highest BCUT2D eigenvalue weighted by atomic mass is 16.5. The lowest BCUT2D eigenvalue weighted by atomic mass is 10.1. The third kappa shape index (κ3) is 2.76. The van der Waals surface area contributed by atoms with Crippen LogP contribution in [0.5, 0.6) is 5.75 Å². The molecule has 0 spiro atoms. The van der Waals surface area contributed by atoms with Crippen molar-refractivity contribution in [2.24, 2.45) is 0 Å². The van der Waals surface area contributed by atoms with E-state index < -0.39 is 5.97 Å². The van der Waals surface area contributed by atoms with Gasteiger partial charge in [0.2, 0.25) is 0 Å². The van der Waals surface area contributed by atoms with Crippen molar-refractivity contribution < 1.29 is 14.3 Å². The van der Waals surface area contributed by atoms with E-state index in [1.54, 1.807) is 25.4 Å². The summed E-state index contributed by atoms with van der Waals surface area (Å²) >= 11 is 0. The van der Waals surface area contributed by atoms with Gasteiger partial charge in [0, 0.05) is 23.4 Å². The molecular formula is C16H16N2O3. The zero-order valence-corrected chi connectivity index (χ0v) is 12.2. The second kappa shape index (κ2) is 6.17. The van der Waals surface area contributed by atoms with E-state index in [2.05, 4.69) is 16.5 Å². The van der Waals surface area contributed by atoms with Gasteiger partial charge in [0.25, 0.3) is 0 Å². The van der Waals surface area contributed by atoms with E-state index >= 15 is 0 Å². The number of hydrogen-bond donors (Lipinski definition) is 0. The van der Waals surface area contributed by atoms with Gasteiger partial charge in [-0.1, -0.05) is 18.7 Å². The fourth-order valence-electron chi connectivity index (χ4n) is 2.02. The lowest BCUT2D eigenvalue weighted by Crippen LogP contribution is -2.08. The van der Waals surface area contributed by atoms with Crippen LogP contribution in [0, 0.1) is 6.92 Å². The molecule has 0 aliphatic heterocycles. The minimum atomic E-state index is -0.523. The van der Waals surface area contributed by atoms with Gasteiger partial charge in [-0.25, -0.2) is 9.78 Å². The SMILES string of the molecule is C=Cc1cccnc1-c1nc(C(=O)OC)cc(OC)c1C. The Balaban J connectivity index is 2.72. The summed E-state index contributed by atoms with van der Waals surface area (Å²) in [6.45, 7) is 5.64. The molecule has 2 heterocycles. The highest BCUT2D eigenvalue weighted by molar-refractivity contribution is 5.89. The van der Waals surface area contributed by atoms with Crippen molar-refractivity contribution in [2.75, 3.05) is 14.2 Å². The Bertz CT molecular complexity index is 696.